The van der Waals surface area contributed by atoms with Crippen molar-refractivity contribution < 1.29 is 9.84 Å². The van der Waals surface area contributed by atoms with Crippen molar-refractivity contribution in [2.24, 2.45) is 22.5 Å². The van der Waals surface area contributed by atoms with Crippen LogP contribution >= 0.6 is 0 Å². The number of rotatable bonds is 2. The molecule has 1 atom stereocenters. The van der Waals surface area contributed by atoms with Gasteiger partial charge in [0.15, 0.2) is 0 Å². The van der Waals surface area contributed by atoms with Crippen molar-refractivity contribution in [2.45, 2.75) is 64.9 Å². The fourth-order valence-electron chi connectivity index (χ4n) is 4.09. The summed E-state index contributed by atoms with van der Waals surface area (Å²) in [7, 11) is 0. The van der Waals surface area contributed by atoms with Gasteiger partial charge in [-0.2, -0.15) is 0 Å². The van der Waals surface area contributed by atoms with E-state index in [-0.39, 0.29) is 5.41 Å². The molecule has 112 valence electrons. The normalized spacial score (nSPS) is 41.2. The summed E-state index contributed by atoms with van der Waals surface area (Å²) in [5.74, 6) is 0.750. The lowest BCUT2D eigenvalue weighted by Crippen LogP contribution is -2.58. The third-order valence-corrected chi connectivity index (χ3v) is 5.77. The quantitative estimate of drug-likeness (QED) is 0.810. The van der Waals surface area contributed by atoms with Crippen LogP contribution in [0.5, 0.6) is 0 Å². The molecule has 2 rings (SSSR count). The Bertz CT molecular complexity index is 294. The average molecular weight is 269 g/mol. The van der Waals surface area contributed by atoms with Gasteiger partial charge in [-0.1, -0.05) is 20.8 Å². The highest BCUT2D eigenvalue weighted by atomic mass is 16.5. The second-order valence-electron chi connectivity index (χ2n) is 7.81. The number of ether oxygens (including phenoxy) is 1. The first kappa shape index (κ1) is 15.3. The van der Waals surface area contributed by atoms with Crippen LogP contribution < -0.4 is 5.73 Å². The smallest absolute Gasteiger partial charge is 0.0948 e. The molecular weight excluding hydrogens is 238 g/mol. The van der Waals surface area contributed by atoms with Gasteiger partial charge >= 0.3 is 0 Å². The summed E-state index contributed by atoms with van der Waals surface area (Å²) in [6, 6.07) is 0. The van der Waals surface area contributed by atoms with E-state index >= 15 is 0 Å². The van der Waals surface area contributed by atoms with Gasteiger partial charge in [0.1, 0.15) is 0 Å². The lowest BCUT2D eigenvalue weighted by molar-refractivity contribution is -0.175. The monoisotopic (exact) mass is 269 g/mol. The van der Waals surface area contributed by atoms with Crippen LogP contribution in [0.2, 0.25) is 0 Å². The standard InChI is InChI=1S/C16H31NO2/c1-14(2,3)13-5-8-15(11-17,9-6-13)16(18)7-4-10-19-12-16/h13,18H,4-12,17H2,1-3H3. The zero-order valence-corrected chi connectivity index (χ0v) is 12.9. The maximum atomic E-state index is 11.0. The third kappa shape index (κ3) is 2.84. The van der Waals surface area contributed by atoms with Crippen LogP contribution in [-0.2, 0) is 4.74 Å². The molecule has 0 aromatic carbocycles. The molecule has 2 fully saturated rings. The van der Waals surface area contributed by atoms with E-state index in [1.54, 1.807) is 0 Å². The Balaban J connectivity index is 2.09. The highest BCUT2D eigenvalue weighted by Gasteiger charge is 2.52. The highest BCUT2D eigenvalue weighted by Crippen LogP contribution is 2.51. The van der Waals surface area contributed by atoms with Gasteiger partial charge in [0.05, 0.1) is 12.2 Å². The first-order valence-electron chi connectivity index (χ1n) is 7.83. The van der Waals surface area contributed by atoms with Crippen molar-refractivity contribution >= 4 is 0 Å². The largest absolute Gasteiger partial charge is 0.387 e. The third-order valence-electron chi connectivity index (χ3n) is 5.77. The van der Waals surface area contributed by atoms with Crippen molar-refractivity contribution in [1.29, 1.82) is 0 Å². The predicted molar refractivity (Wildman–Crippen MR) is 77.9 cm³/mol. The minimum Gasteiger partial charge on any atom is -0.387 e. The van der Waals surface area contributed by atoms with Crippen molar-refractivity contribution in [3.05, 3.63) is 0 Å². The van der Waals surface area contributed by atoms with Crippen molar-refractivity contribution in [3.63, 3.8) is 0 Å². The molecule has 0 amide bonds. The van der Waals surface area contributed by atoms with Crippen LogP contribution in [0.15, 0.2) is 0 Å². The minimum atomic E-state index is -0.692. The Morgan fingerprint density at radius 1 is 1.21 bits per heavy atom. The maximum Gasteiger partial charge on any atom is 0.0948 e. The number of nitrogens with two attached hydrogens (primary N) is 1. The van der Waals surface area contributed by atoms with Gasteiger partial charge in [0, 0.05) is 18.6 Å². The van der Waals surface area contributed by atoms with Gasteiger partial charge in [0.2, 0.25) is 0 Å². The summed E-state index contributed by atoms with van der Waals surface area (Å²) in [6.07, 6.45) is 6.27. The van der Waals surface area contributed by atoms with E-state index in [2.05, 4.69) is 20.8 Å². The van der Waals surface area contributed by atoms with Crippen molar-refractivity contribution in [3.8, 4) is 0 Å². The van der Waals surface area contributed by atoms with E-state index in [1.807, 2.05) is 0 Å². The molecule has 1 saturated heterocycles. The highest BCUT2D eigenvalue weighted by molar-refractivity contribution is 5.03. The van der Waals surface area contributed by atoms with Crippen LogP contribution in [0.1, 0.15) is 59.3 Å². The molecule has 1 aliphatic carbocycles. The molecule has 1 unspecified atom stereocenters. The van der Waals surface area contributed by atoms with E-state index in [9.17, 15) is 5.11 Å². The average Bonchev–Trinajstić information content (AvgIpc) is 2.38. The SMILES string of the molecule is CC(C)(C)C1CCC(CN)(C2(O)CCCOC2)CC1. The fraction of sp³-hybridized carbons (Fsp3) is 1.00. The molecule has 1 saturated carbocycles. The summed E-state index contributed by atoms with van der Waals surface area (Å²) in [6.45, 7) is 8.82. The predicted octanol–water partition coefficient (Wildman–Crippen LogP) is 2.71. The lowest BCUT2D eigenvalue weighted by Gasteiger charge is -2.53. The van der Waals surface area contributed by atoms with Gasteiger partial charge in [-0.05, 0) is 49.9 Å². The van der Waals surface area contributed by atoms with Gasteiger partial charge in [0.25, 0.3) is 0 Å². The topological polar surface area (TPSA) is 55.5 Å². The molecule has 1 heterocycles. The van der Waals surface area contributed by atoms with E-state index in [0.717, 1.165) is 38.2 Å². The Kier molecular flexibility index (Phi) is 4.29. The second-order valence-corrected chi connectivity index (χ2v) is 7.81. The van der Waals surface area contributed by atoms with Crippen LogP contribution in [-0.4, -0.2) is 30.5 Å². The molecule has 2 aliphatic rings. The Morgan fingerprint density at radius 2 is 1.84 bits per heavy atom. The molecule has 1 aliphatic heterocycles. The molecule has 3 heteroatoms. The molecule has 0 aromatic heterocycles. The van der Waals surface area contributed by atoms with E-state index < -0.39 is 5.60 Å². The molecule has 3 N–H and O–H groups in total. The van der Waals surface area contributed by atoms with Crippen LogP contribution in [0.4, 0.5) is 0 Å². The van der Waals surface area contributed by atoms with E-state index in [4.69, 9.17) is 10.5 Å². The Hall–Kier alpha value is -0.120. The van der Waals surface area contributed by atoms with Crippen LogP contribution in [0.3, 0.4) is 0 Å². The van der Waals surface area contributed by atoms with Crippen LogP contribution in [0, 0.1) is 16.7 Å². The zero-order valence-electron chi connectivity index (χ0n) is 12.9. The number of hydrogen-bond donors (Lipinski definition) is 2. The van der Waals surface area contributed by atoms with Crippen molar-refractivity contribution in [1.82, 2.24) is 0 Å². The molecule has 3 nitrogen and oxygen atoms in total. The summed E-state index contributed by atoms with van der Waals surface area (Å²) in [4.78, 5) is 0. The first-order chi connectivity index (χ1) is 8.83. The molecule has 0 radical (unpaired) electrons. The molecule has 0 aromatic rings. The van der Waals surface area contributed by atoms with Gasteiger partial charge in [-0.15, -0.1) is 0 Å². The van der Waals surface area contributed by atoms with Crippen molar-refractivity contribution in [2.75, 3.05) is 19.8 Å². The van der Waals surface area contributed by atoms with Gasteiger partial charge in [-0.3, -0.25) is 0 Å². The van der Waals surface area contributed by atoms with E-state index in [0.29, 0.717) is 18.6 Å². The fourth-order valence-corrected chi connectivity index (χ4v) is 4.09. The molecule has 0 bridgehead atoms. The molecule has 0 spiro atoms. The Morgan fingerprint density at radius 3 is 2.26 bits per heavy atom. The number of hydrogen-bond acceptors (Lipinski definition) is 3. The summed E-state index contributed by atoms with van der Waals surface area (Å²) in [5, 5.41) is 11.0. The molecular formula is C16H31NO2. The minimum absolute atomic E-state index is 0.116. The summed E-state index contributed by atoms with van der Waals surface area (Å²) in [5.41, 5.74) is 5.65. The second kappa shape index (κ2) is 5.34. The van der Waals surface area contributed by atoms with Gasteiger partial charge < -0.3 is 15.6 Å². The van der Waals surface area contributed by atoms with Gasteiger partial charge in [-0.25, -0.2) is 0 Å². The Labute approximate surface area is 117 Å². The first-order valence-corrected chi connectivity index (χ1v) is 7.83. The maximum absolute atomic E-state index is 11.0. The number of aliphatic hydroxyl groups is 1. The summed E-state index contributed by atoms with van der Waals surface area (Å²) >= 11 is 0. The molecule has 19 heavy (non-hydrogen) atoms. The summed E-state index contributed by atoms with van der Waals surface area (Å²) < 4.78 is 5.55. The van der Waals surface area contributed by atoms with E-state index in [1.165, 1.54) is 12.8 Å². The zero-order chi connectivity index (χ0) is 14.1. The van der Waals surface area contributed by atoms with Crippen LogP contribution in [0.25, 0.3) is 0 Å². The lowest BCUT2D eigenvalue weighted by atomic mass is 9.57.